The van der Waals surface area contributed by atoms with E-state index in [1.165, 1.54) is 18.2 Å². The molecule has 1 aliphatic rings. The molecule has 1 saturated heterocycles. The third-order valence-electron chi connectivity index (χ3n) is 4.53. The number of carbonyl (C=O) groups is 2. The average Bonchev–Trinajstić information content (AvgIpc) is 2.67. The van der Waals surface area contributed by atoms with Gasteiger partial charge in [-0.3, -0.25) is 4.79 Å². The molecule has 0 unspecified atom stereocenters. The van der Waals surface area contributed by atoms with Gasteiger partial charge in [0.2, 0.25) is 6.29 Å². The molecule has 2 rings (SSSR count). The highest BCUT2D eigenvalue weighted by Gasteiger charge is 2.48. The molecule has 1 fully saturated rings. The Kier molecular flexibility index (Phi) is 7.94. The second-order valence-electron chi connectivity index (χ2n) is 7.28. The van der Waals surface area contributed by atoms with E-state index in [0.29, 0.717) is 18.0 Å². The number of carboxylic acid groups (broad SMARTS) is 1. The van der Waals surface area contributed by atoms with Crippen LogP contribution in [0, 0.1) is 5.92 Å². The second kappa shape index (κ2) is 9.99. The van der Waals surface area contributed by atoms with Gasteiger partial charge in [0.1, 0.15) is 24.1 Å². The van der Waals surface area contributed by atoms with E-state index in [2.05, 4.69) is 5.32 Å². The van der Waals surface area contributed by atoms with Gasteiger partial charge in [-0.2, -0.15) is 0 Å². The summed E-state index contributed by atoms with van der Waals surface area (Å²) in [6.45, 7) is 4.11. The molecule has 1 heterocycles. The summed E-state index contributed by atoms with van der Waals surface area (Å²) in [7, 11) is 0. The topological polar surface area (TPSA) is 166 Å². The lowest BCUT2D eigenvalue weighted by atomic mass is 9.99. The number of rotatable bonds is 8. The van der Waals surface area contributed by atoms with Gasteiger partial charge in [-0.15, -0.1) is 0 Å². The number of carboxylic acids is 1. The first kappa shape index (κ1) is 23.0. The van der Waals surface area contributed by atoms with Gasteiger partial charge >= 0.3 is 5.97 Å². The quantitative estimate of drug-likeness (QED) is 0.321. The lowest BCUT2D eigenvalue weighted by molar-refractivity contribution is -0.271. The van der Waals surface area contributed by atoms with Crippen LogP contribution in [0.2, 0.25) is 0 Å². The number of ether oxygens (including phenoxy) is 2. The van der Waals surface area contributed by atoms with E-state index in [-0.39, 0.29) is 17.9 Å². The number of nitrogens with one attached hydrogen (secondary N) is 1. The maximum Gasteiger partial charge on any atom is 0.335 e. The number of benzene rings is 1. The number of hydrogen-bond acceptors (Lipinski definition) is 8. The fourth-order valence-electron chi connectivity index (χ4n) is 2.80. The van der Waals surface area contributed by atoms with Crippen LogP contribution in [0.4, 0.5) is 0 Å². The van der Waals surface area contributed by atoms with E-state index in [1.54, 1.807) is 0 Å². The van der Waals surface area contributed by atoms with Gasteiger partial charge in [0.05, 0.1) is 12.2 Å². The molecule has 0 bridgehead atoms. The van der Waals surface area contributed by atoms with Crippen molar-refractivity contribution in [2.24, 2.45) is 5.92 Å². The Balaban J connectivity index is 2.24. The molecule has 0 radical (unpaired) electrons. The lowest BCUT2D eigenvalue weighted by Gasteiger charge is -2.38. The van der Waals surface area contributed by atoms with E-state index in [9.17, 15) is 30.0 Å². The van der Waals surface area contributed by atoms with Gasteiger partial charge in [-0.05, 0) is 30.0 Å². The Morgan fingerprint density at radius 2 is 1.86 bits per heavy atom. The Morgan fingerprint density at radius 3 is 2.45 bits per heavy atom. The zero-order valence-electron chi connectivity index (χ0n) is 16.2. The van der Waals surface area contributed by atoms with Crippen molar-refractivity contribution in [3.8, 4) is 5.75 Å². The molecule has 6 N–H and O–H groups in total. The molecule has 10 heteroatoms. The molecule has 0 aromatic heterocycles. The summed E-state index contributed by atoms with van der Waals surface area (Å²) in [6.07, 6.45) is -8.14. The Labute approximate surface area is 167 Å². The zero-order valence-corrected chi connectivity index (χ0v) is 16.2. The molecule has 29 heavy (non-hydrogen) atoms. The highest BCUT2D eigenvalue weighted by Crippen LogP contribution is 2.27. The zero-order chi connectivity index (χ0) is 21.7. The molecule has 1 aliphatic heterocycles. The van der Waals surface area contributed by atoms with Crippen molar-refractivity contribution in [2.45, 2.75) is 57.6 Å². The molecule has 1 aromatic carbocycles. The van der Waals surface area contributed by atoms with Crippen LogP contribution in [-0.4, -0.2) is 74.7 Å². The van der Waals surface area contributed by atoms with E-state index < -0.39 is 42.6 Å². The lowest BCUT2D eigenvalue weighted by Crippen LogP contribution is -2.61. The van der Waals surface area contributed by atoms with Crippen molar-refractivity contribution < 1.29 is 44.6 Å². The molecule has 0 aliphatic carbocycles. The fourth-order valence-corrected chi connectivity index (χ4v) is 2.80. The summed E-state index contributed by atoms with van der Waals surface area (Å²) in [5, 5.41) is 51.0. The van der Waals surface area contributed by atoms with E-state index in [1.807, 2.05) is 13.8 Å². The second-order valence-corrected chi connectivity index (χ2v) is 7.28. The molecule has 5 atom stereocenters. The van der Waals surface area contributed by atoms with Crippen LogP contribution < -0.4 is 10.1 Å². The third kappa shape index (κ3) is 5.64. The van der Waals surface area contributed by atoms with Gasteiger partial charge in [0.15, 0.2) is 6.10 Å². The predicted molar refractivity (Wildman–Crippen MR) is 99.1 cm³/mol. The molecular weight excluding hydrogens is 386 g/mol. The Hall–Kier alpha value is -2.24. The normalized spacial score (nSPS) is 26.9. The van der Waals surface area contributed by atoms with Crippen LogP contribution in [-0.2, 0) is 16.1 Å². The van der Waals surface area contributed by atoms with Crippen LogP contribution in [0.5, 0.6) is 5.75 Å². The van der Waals surface area contributed by atoms with Gasteiger partial charge in [-0.1, -0.05) is 19.9 Å². The molecule has 1 aromatic rings. The van der Waals surface area contributed by atoms with Crippen molar-refractivity contribution in [3.05, 3.63) is 29.3 Å². The minimum atomic E-state index is -1.85. The first-order valence-electron chi connectivity index (χ1n) is 9.26. The minimum absolute atomic E-state index is 0.0407. The number of hydrogen-bond donors (Lipinski definition) is 6. The molecular formula is C19H27NO9. The average molecular weight is 413 g/mol. The SMILES string of the molecule is CC(C)CCNC(=O)c1cc(CO)ccc1O[C@@H]1O[C@H](C(=O)O)[C@@H](O)[C@H](O)[C@H]1O. The van der Waals surface area contributed by atoms with Crippen LogP contribution in [0.1, 0.15) is 36.2 Å². The maximum absolute atomic E-state index is 12.6. The summed E-state index contributed by atoms with van der Waals surface area (Å²) in [5.74, 6) is -1.70. The van der Waals surface area contributed by atoms with Crippen molar-refractivity contribution >= 4 is 11.9 Å². The third-order valence-corrected chi connectivity index (χ3v) is 4.53. The smallest absolute Gasteiger partial charge is 0.335 e. The summed E-state index contributed by atoms with van der Waals surface area (Å²) >= 11 is 0. The number of aliphatic carboxylic acids is 1. The number of aliphatic hydroxyl groups is 4. The number of aliphatic hydroxyl groups excluding tert-OH is 4. The van der Waals surface area contributed by atoms with Crippen molar-refractivity contribution in [1.29, 1.82) is 0 Å². The first-order valence-corrected chi connectivity index (χ1v) is 9.26. The molecule has 0 spiro atoms. The Bertz CT molecular complexity index is 724. The first-order chi connectivity index (χ1) is 13.6. The standard InChI is InChI=1S/C19H27NO9/c1-9(2)5-6-20-17(25)11-7-10(8-21)3-4-12(11)28-19-15(24)13(22)14(23)16(29-19)18(26)27/h3-4,7,9,13-16,19,21-24H,5-6,8H2,1-2H3,(H,20,25)(H,26,27)/t13-,14-,15+,16-,19+/m0/s1. The van der Waals surface area contributed by atoms with Crippen LogP contribution in [0.25, 0.3) is 0 Å². The largest absolute Gasteiger partial charge is 0.479 e. The highest BCUT2D eigenvalue weighted by molar-refractivity contribution is 5.97. The summed E-state index contributed by atoms with van der Waals surface area (Å²) in [4.78, 5) is 23.8. The Morgan fingerprint density at radius 1 is 1.17 bits per heavy atom. The summed E-state index contributed by atoms with van der Waals surface area (Å²) in [5.41, 5.74) is 0.485. The van der Waals surface area contributed by atoms with Gasteiger partial charge < -0.3 is 40.3 Å². The fraction of sp³-hybridized carbons (Fsp3) is 0.579. The molecule has 1 amide bonds. The number of amides is 1. The monoisotopic (exact) mass is 413 g/mol. The van der Waals surface area contributed by atoms with E-state index in [0.717, 1.165) is 6.42 Å². The highest BCUT2D eigenvalue weighted by atomic mass is 16.7. The number of carbonyl (C=O) groups excluding carboxylic acids is 1. The van der Waals surface area contributed by atoms with Gasteiger partial charge in [-0.25, -0.2) is 4.79 Å². The van der Waals surface area contributed by atoms with Crippen molar-refractivity contribution in [3.63, 3.8) is 0 Å². The van der Waals surface area contributed by atoms with Crippen LogP contribution in [0.3, 0.4) is 0 Å². The molecule has 0 saturated carbocycles. The van der Waals surface area contributed by atoms with Crippen molar-refractivity contribution in [2.75, 3.05) is 6.54 Å². The van der Waals surface area contributed by atoms with Gasteiger partial charge in [0, 0.05) is 6.54 Å². The summed E-state index contributed by atoms with van der Waals surface area (Å²) in [6, 6.07) is 4.25. The van der Waals surface area contributed by atoms with Crippen LogP contribution in [0.15, 0.2) is 18.2 Å². The maximum atomic E-state index is 12.6. The molecule has 162 valence electrons. The van der Waals surface area contributed by atoms with Gasteiger partial charge in [0.25, 0.3) is 5.91 Å². The van der Waals surface area contributed by atoms with E-state index in [4.69, 9.17) is 14.6 Å². The van der Waals surface area contributed by atoms with E-state index >= 15 is 0 Å². The minimum Gasteiger partial charge on any atom is -0.479 e. The van der Waals surface area contributed by atoms with Crippen molar-refractivity contribution in [1.82, 2.24) is 5.32 Å². The molecule has 10 nitrogen and oxygen atoms in total. The summed E-state index contributed by atoms with van der Waals surface area (Å²) < 4.78 is 10.6. The predicted octanol–water partition coefficient (Wildman–Crippen LogP) is -0.774. The van der Waals surface area contributed by atoms with Crippen LogP contribution >= 0.6 is 0 Å².